The van der Waals surface area contributed by atoms with E-state index in [4.69, 9.17) is 4.74 Å². The van der Waals surface area contributed by atoms with E-state index in [0.29, 0.717) is 23.1 Å². The number of rotatable bonds is 6. The summed E-state index contributed by atoms with van der Waals surface area (Å²) in [6.07, 6.45) is 4.90. The molecule has 2 aromatic carbocycles. The van der Waals surface area contributed by atoms with E-state index >= 15 is 0 Å². The highest BCUT2D eigenvalue weighted by Gasteiger charge is 2.12. The van der Waals surface area contributed by atoms with Crippen LogP contribution in [0.15, 0.2) is 73.6 Å². The Bertz CT molecular complexity index is 1250. The number of hydrogen-bond donors (Lipinski definition) is 2. The Labute approximate surface area is 174 Å². The second-order valence-electron chi connectivity index (χ2n) is 6.67. The molecule has 2 aromatic heterocycles. The molecule has 0 fully saturated rings. The summed E-state index contributed by atoms with van der Waals surface area (Å²) in [5.41, 5.74) is 3.21. The molecule has 0 aliphatic heterocycles. The molecule has 0 saturated heterocycles. The minimum absolute atomic E-state index is 0.285. The zero-order valence-corrected chi connectivity index (χ0v) is 16.7. The van der Waals surface area contributed by atoms with Gasteiger partial charge >= 0.3 is 0 Å². The molecule has 0 aliphatic rings. The number of aromatic nitrogens is 3. The number of carbonyl (C=O) groups excluding carboxylic acids is 1. The molecule has 0 atom stereocenters. The van der Waals surface area contributed by atoms with Crippen LogP contribution in [0.25, 0.3) is 16.7 Å². The van der Waals surface area contributed by atoms with Crippen molar-refractivity contribution in [1.82, 2.24) is 14.5 Å². The number of anilines is 3. The maximum atomic E-state index is 11.7. The molecular formula is C23H21N5O2. The van der Waals surface area contributed by atoms with Gasteiger partial charge in [-0.1, -0.05) is 24.8 Å². The van der Waals surface area contributed by atoms with Crippen molar-refractivity contribution in [2.45, 2.75) is 6.92 Å². The lowest BCUT2D eigenvalue weighted by molar-refractivity contribution is -0.111. The van der Waals surface area contributed by atoms with Crippen LogP contribution >= 0.6 is 0 Å². The molecule has 0 bridgehead atoms. The van der Waals surface area contributed by atoms with Gasteiger partial charge in [0, 0.05) is 18.1 Å². The van der Waals surface area contributed by atoms with Crippen LogP contribution in [-0.2, 0) is 4.79 Å². The topological polar surface area (TPSA) is 81.1 Å². The monoisotopic (exact) mass is 399 g/mol. The fraction of sp³-hybridized carbons (Fsp3) is 0.0870. The number of carbonyl (C=O) groups is 1. The predicted octanol–water partition coefficient (Wildman–Crippen LogP) is 4.61. The maximum Gasteiger partial charge on any atom is 0.247 e. The first-order valence-corrected chi connectivity index (χ1v) is 9.37. The molecule has 0 spiro atoms. The van der Waals surface area contributed by atoms with Crippen LogP contribution in [0.4, 0.5) is 17.3 Å². The Balaban J connectivity index is 1.69. The van der Waals surface area contributed by atoms with Gasteiger partial charge < -0.3 is 19.9 Å². The van der Waals surface area contributed by atoms with Crippen LogP contribution in [0, 0.1) is 6.92 Å². The van der Waals surface area contributed by atoms with Gasteiger partial charge in [-0.3, -0.25) is 4.79 Å². The number of nitrogens with zero attached hydrogens (tertiary/aromatic N) is 3. The zero-order chi connectivity index (χ0) is 21.1. The Kier molecular flexibility index (Phi) is 5.17. The SMILES string of the molecule is C=CC(=O)Nc1cc(Nc2nccc(-n3ccc4ccccc43)n2)c(OC)cc1C. The van der Waals surface area contributed by atoms with Crippen molar-refractivity contribution in [2.24, 2.45) is 0 Å². The third kappa shape index (κ3) is 3.73. The van der Waals surface area contributed by atoms with Crippen LogP contribution in [0.5, 0.6) is 5.75 Å². The number of ether oxygens (including phenoxy) is 1. The van der Waals surface area contributed by atoms with Crippen molar-refractivity contribution in [3.05, 3.63) is 79.1 Å². The van der Waals surface area contributed by atoms with Crippen LogP contribution in [-0.4, -0.2) is 27.6 Å². The Morgan fingerprint density at radius 3 is 2.80 bits per heavy atom. The molecule has 0 unspecified atom stereocenters. The number of para-hydroxylation sites is 1. The molecule has 4 rings (SSSR count). The average Bonchev–Trinajstić information content (AvgIpc) is 3.20. The van der Waals surface area contributed by atoms with E-state index in [9.17, 15) is 4.79 Å². The minimum atomic E-state index is -0.285. The third-order valence-corrected chi connectivity index (χ3v) is 4.72. The molecule has 0 saturated carbocycles. The first-order chi connectivity index (χ1) is 14.6. The van der Waals surface area contributed by atoms with E-state index < -0.39 is 0 Å². The molecule has 7 heteroatoms. The van der Waals surface area contributed by atoms with E-state index in [-0.39, 0.29) is 5.91 Å². The van der Waals surface area contributed by atoms with Crippen LogP contribution in [0.1, 0.15) is 5.56 Å². The summed E-state index contributed by atoms with van der Waals surface area (Å²) < 4.78 is 7.49. The van der Waals surface area contributed by atoms with Crippen molar-refractivity contribution in [1.29, 1.82) is 0 Å². The number of hydrogen-bond acceptors (Lipinski definition) is 5. The van der Waals surface area contributed by atoms with Gasteiger partial charge in [-0.25, -0.2) is 4.98 Å². The maximum absolute atomic E-state index is 11.7. The van der Waals surface area contributed by atoms with Crippen molar-refractivity contribution in [3.8, 4) is 11.6 Å². The Hall–Kier alpha value is -4.13. The lowest BCUT2D eigenvalue weighted by Gasteiger charge is -2.15. The average molecular weight is 399 g/mol. The molecule has 4 aromatic rings. The molecule has 2 N–H and O–H groups in total. The van der Waals surface area contributed by atoms with E-state index in [1.807, 2.05) is 54.1 Å². The van der Waals surface area contributed by atoms with E-state index in [0.717, 1.165) is 22.3 Å². The van der Waals surface area contributed by atoms with Crippen molar-refractivity contribution >= 4 is 34.1 Å². The van der Waals surface area contributed by atoms with Gasteiger partial charge in [0.25, 0.3) is 0 Å². The van der Waals surface area contributed by atoms with Gasteiger partial charge in [0.2, 0.25) is 11.9 Å². The van der Waals surface area contributed by atoms with E-state index in [2.05, 4.69) is 33.2 Å². The molecule has 30 heavy (non-hydrogen) atoms. The summed E-state index contributed by atoms with van der Waals surface area (Å²) >= 11 is 0. The summed E-state index contributed by atoms with van der Waals surface area (Å²) in [6.45, 7) is 5.38. The summed E-state index contributed by atoms with van der Waals surface area (Å²) in [5.74, 6) is 1.48. The second kappa shape index (κ2) is 8.08. The van der Waals surface area contributed by atoms with Gasteiger partial charge in [0.1, 0.15) is 11.6 Å². The second-order valence-corrected chi connectivity index (χ2v) is 6.67. The van der Waals surface area contributed by atoms with Crippen molar-refractivity contribution < 1.29 is 9.53 Å². The molecule has 0 aliphatic carbocycles. The number of amides is 1. The summed E-state index contributed by atoms with van der Waals surface area (Å²) in [6, 6.07) is 15.6. The summed E-state index contributed by atoms with van der Waals surface area (Å²) in [5, 5.41) is 7.12. The van der Waals surface area contributed by atoms with Gasteiger partial charge in [0.15, 0.2) is 0 Å². The van der Waals surface area contributed by atoms with Crippen molar-refractivity contribution in [3.63, 3.8) is 0 Å². The van der Waals surface area contributed by atoms with Gasteiger partial charge in [-0.15, -0.1) is 0 Å². The van der Waals surface area contributed by atoms with Crippen LogP contribution in [0.2, 0.25) is 0 Å². The molecule has 150 valence electrons. The first-order valence-electron chi connectivity index (χ1n) is 9.37. The highest BCUT2D eigenvalue weighted by molar-refractivity contribution is 6.00. The lowest BCUT2D eigenvalue weighted by Crippen LogP contribution is -2.09. The number of fused-ring (bicyclic) bond motifs is 1. The first kappa shape index (κ1) is 19.2. The largest absolute Gasteiger partial charge is 0.495 e. The summed E-state index contributed by atoms with van der Waals surface area (Å²) in [7, 11) is 1.59. The van der Waals surface area contributed by atoms with Gasteiger partial charge in [-0.2, -0.15) is 4.98 Å². The van der Waals surface area contributed by atoms with Gasteiger partial charge in [-0.05, 0) is 54.3 Å². The fourth-order valence-electron chi connectivity index (χ4n) is 3.21. The van der Waals surface area contributed by atoms with Crippen LogP contribution in [0.3, 0.4) is 0 Å². The molecular weight excluding hydrogens is 378 g/mol. The number of methoxy groups -OCH3 is 1. The normalized spacial score (nSPS) is 10.6. The summed E-state index contributed by atoms with van der Waals surface area (Å²) in [4.78, 5) is 20.7. The lowest BCUT2D eigenvalue weighted by atomic mass is 10.1. The number of benzene rings is 2. The van der Waals surface area contributed by atoms with Crippen molar-refractivity contribution in [2.75, 3.05) is 17.7 Å². The molecule has 1 amide bonds. The highest BCUT2D eigenvalue weighted by Crippen LogP contribution is 2.33. The van der Waals surface area contributed by atoms with Crippen LogP contribution < -0.4 is 15.4 Å². The Morgan fingerprint density at radius 1 is 1.17 bits per heavy atom. The third-order valence-electron chi connectivity index (χ3n) is 4.72. The minimum Gasteiger partial charge on any atom is -0.495 e. The molecule has 2 heterocycles. The van der Waals surface area contributed by atoms with E-state index in [1.54, 1.807) is 19.4 Å². The molecule has 0 radical (unpaired) electrons. The number of nitrogens with one attached hydrogen (secondary N) is 2. The Morgan fingerprint density at radius 2 is 2.00 bits per heavy atom. The zero-order valence-electron chi connectivity index (χ0n) is 16.7. The predicted molar refractivity (Wildman–Crippen MR) is 119 cm³/mol. The molecule has 7 nitrogen and oxygen atoms in total. The van der Waals surface area contributed by atoms with Gasteiger partial charge in [0.05, 0.1) is 18.3 Å². The highest BCUT2D eigenvalue weighted by atomic mass is 16.5. The standard InChI is InChI=1S/C23H21N5O2/c1-4-22(29)25-17-14-18(20(30-3)13-15(17)2)26-23-24-11-9-21(27-23)28-12-10-16-7-5-6-8-19(16)28/h4-14H,1H2,2-3H3,(H,25,29)(H,24,26,27). The fourth-order valence-corrected chi connectivity index (χ4v) is 3.21. The smallest absolute Gasteiger partial charge is 0.247 e. The quantitative estimate of drug-likeness (QED) is 0.463. The van der Waals surface area contributed by atoms with E-state index in [1.165, 1.54) is 6.08 Å². The number of aryl methyl sites for hydroxylation is 1.